The molecule has 7 nitrogen and oxygen atoms in total. The molecule has 0 atom stereocenters. The predicted molar refractivity (Wildman–Crippen MR) is 93.8 cm³/mol. The fraction of sp³-hybridized carbons (Fsp3) is 0.200. The fourth-order valence-electron chi connectivity index (χ4n) is 1.89. The topological polar surface area (TPSA) is 88.6 Å². The zero-order valence-electron chi connectivity index (χ0n) is 13.3. The second kappa shape index (κ2) is 7.29. The van der Waals surface area contributed by atoms with E-state index in [4.69, 9.17) is 4.74 Å². The zero-order chi connectivity index (χ0) is 17.9. The number of sulfonamides is 1. The number of hydrogen-bond donors (Lipinski definition) is 1. The molecule has 1 heterocycles. The Labute approximate surface area is 148 Å². The van der Waals surface area contributed by atoms with E-state index in [1.807, 2.05) is 0 Å². The highest BCUT2D eigenvalue weighted by atomic mass is 79.9. The number of nitrogens with one attached hydrogen (secondary N) is 1. The molecule has 9 heteroatoms. The maximum absolute atomic E-state index is 12.3. The summed E-state index contributed by atoms with van der Waals surface area (Å²) in [6.45, 7) is 0. The van der Waals surface area contributed by atoms with Gasteiger partial charge in [-0.1, -0.05) is 0 Å². The first kappa shape index (κ1) is 18.4. The van der Waals surface area contributed by atoms with E-state index in [2.05, 4.69) is 26.2 Å². The van der Waals surface area contributed by atoms with Gasteiger partial charge in [-0.25, -0.2) is 12.7 Å². The fourth-order valence-corrected chi connectivity index (χ4v) is 3.18. The third-order valence-electron chi connectivity index (χ3n) is 3.16. The van der Waals surface area contributed by atoms with Crippen molar-refractivity contribution in [2.24, 2.45) is 0 Å². The van der Waals surface area contributed by atoms with E-state index in [-0.39, 0.29) is 10.6 Å². The lowest BCUT2D eigenvalue weighted by Gasteiger charge is -2.15. The summed E-state index contributed by atoms with van der Waals surface area (Å²) in [7, 11) is 0.682. The van der Waals surface area contributed by atoms with E-state index < -0.39 is 15.9 Å². The van der Waals surface area contributed by atoms with Crippen molar-refractivity contribution in [3.63, 3.8) is 0 Å². The molecule has 0 unspecified atom stereocenters. The summed E-state index contributed by atoms with van der Waals surface area (Å²) < 4.78 is 31.4. The van der Waals surface area contributed by atoms with E-state index in [0.717, 1.165) is 4.31 Å². The molecule has 0 spiro atoms. The van der Waals surface area contributed by atoms with Gasteiger partial charge in [0, 0.05) is 31.0 Å². The van der Waals surface area contributed by atoms with Crippen molar-refractivity contribution in [1.82, 2.24) is 9.29 Å². The van der Waals surface area contributed by atoms with Gasteiger partial charge in [-0.2, -0.15) is 0 Å². The van der Waals surface area contributed by atoms with Gasteiger partial charge in [-0.05, 0) is 40.2 Å². The van der Waals surface area contributed by atoms with E-state index in [1.165, 1.54) is 45.6 Å². The smallest absolute Gasteiger partial charge is 0.257 e. The van der Waals surface area contributed by atoms with Crippen LogP contribution in [-0.2, 0) is 10.0 Å². The van der Waals surface area contributed by atoms with Gasteiger partial charge in [0.15, 0.2) is 0 Å². The number of amides is 1. The summed E-state index contributed by atoms with van der Waals surface area (Å²) in [6, 6.07) is 5.88. The van der Waals surface area contributed by atoms with Gasteiger partial charge in [0.25, 0.3) is 5.91 Å². The number of carbonyl (C=O) groups is 1. The summed E-state index contributed by atoms with van der Waals surface area (Å²) >= 11 is 3.25. The highest BCUT2D eigenvalue weighted by molar-refractivity contribution is 9.10. The van der Waals surface area contributed by atoms with Crippen molar-refractivity contribution in [1.29, 1.82) is 0 Å². The first-order valence-corrected chi connectivity index (χ1v) is 9.01. The van der Waals surface area contributed by atoms with Crippen LogP contribution >= 0.6 is 15.9 Å². The molecule has 2 aromatic rings. The maximum atomic E-state index is 12.3. The second-order valence-electron chi connectivity index (χ2n) is 5.00. The molecule has 2 rings (SSSR count). The molecule has 0 fully saturated rings. The number of rotatable bonds is 5. The Morgan fingerprint density at radius 1 is 1.25 bits per heavy atom. The molecule has 0 aliphatic carbocycles. The SMILES string of the molecule is COc1ccc(S(=O)(=O)N(C)C)cc1NC(=O)c1cncc(Br)c1. The van der Waals surface area contributed by atoms with Gasteiger partial charge in [-0.15, -0.1) is 0 Å². The Bertz CT molecular complexity index is 869. The minimum atomic E-state index is -3.62. The number of hydrogen-bond acceptors (Lipinski definition) is 5. The van der Waals surface area contributed by atoms with Crippen LogP contribution in [0, 0.1) is 0 Å². The molecule has 1 amide bonds. The average Bonchev–Trinajstić information content (AvgIpc) is 2.54. The van der Waals surface area contributed by atoms with Crippen molar-refractivity contribution in [3.05, 3.63) is 46.7 Å². The van der Waals surface area contributed by atoms with Crippen LogP contribution in [0.1, 0.15) is 10.4 Å². The van der Waals surface area contributed by atoms with Crippen LogP contribution in [-0.4, -0.2) is 44.8 Å². The molecular weight excluding hydrogens is 398 g/mol. The lowest BCUT2D eigenvalue weighted by atomic mass is 10.2. The molecule has 1 aromatic carbocycles. The third kappa shape index (κ3) is 3.92. The first-order chi connectivity index (χ1) is 11.3. The highest BCUT2D eigenvalue weighted by Crippen LogP contribution is 2.29. The first-order valence-electron chi connectivity index (χ1n) is 6.78. The van der Waals surface area contributed by atoms with Crippen LogP contribution in [0.5, 0.6) is 5.75 Å². The summed E-state index contributed by atoms with van der Waals surface area (Å²) in [5, 5.41) is 2.65. The molecule has 1 N–H and O–H groups in total. The molecule has 0 radical (unpaired) electrons. The standard InChI is InChI=1S/C15H16BrN3O4S/c1-19(2)24(21,22)12-4-5-14(23-3)13(7-12)18-15(20)10-6-11(16)9-17-8-10/h4-9H,1-3H3,(H,18,20). The van der Waals surface area contributed by atoms with Crippen molar-refractivity contribution in [2.75, 3.05) is 26.5 Å². The Morgan fingerprint density at radius 2 is 1.96 bits per heavy atom. The Morgan fingerprint density at radius 3 is 2.54 bits per heavy atom. The van der Waals surface area contributed by atoms with E-state index in [9.17, 15) is 13.2 Å². The van der Waals surface area contributed by atoms with Crippen LogP contribution in [0.2, 0.25) is 0 Å². The summed E-state index contributed by atoms with van der Waals surface area (Å²) in [6.07, 6.45) is 2.97. The Kier molecular flexibility index (Phi) is 5.58. The van der Waals surface area contributed by atoms with Gasteiger partial charge >= 0.3 is 0 Å². The summed E-state index contributed by atoms with van der Waals surface area (Å²) in [5.41, 5.74) is 0.581. The van der Waals surface area contributed by atoms with Crippen molar-refractivity contribution >= 4 is 37.5 Å². The quantitative estimate of drug-likeness (QED) is 0.812. The zero-order valence-corrected chi connectivity index (χ0v) is 15.7. The van der Waals surface area contributed by atoms with Crippen molar-refractivity contribution < 1.29 is 17.9 Å². The van der Waals surface area contributed by atoms with Crippen LogP contribution in [0.3, 0.4) is 0 Å². The minimum Gasteiger partial charge on any atom is -0.495 e. The molecule has 128 valence electrons. The lowest BCUT2D eigenvalue weighted by molar-refractivity contribution is 0.102. The number of pyridine rings is 1. The van der Waals surface area contributed by atoms with Gasteiger partial charge < -0.3 is 10.1 Å². The largest absolute Gasteiger partial charge is 0.495 e. The normalized spacial score (nSPS) is 11.4. The number of halogens is 1. The molecule has 0 aliphatic rings. The van der Waals surface area contributed by atoms with E-state index in [0.29, 0.717) is 15.8 Å². The number of ether oxygens (including phenoxy) is 1. The number of nitrogens with zero attached hydrogens (tertiary/aromatic N) is 2. The van der Waals surface area contributed by atoms with Crippen LogP contribution in [0.25, 0.3) is 0 Å². The molecule has 0 saturated carbocycles. The monoisotopic (exact) mass is 413 g/mol. The van der Waals surface area contributed by atoms with Gasteiger partial charge in [-0.3, -0.25) is 9.78 Å². The molecule has 0 saturated heterocycles. The number of methoxy groups -OCH3 is 1. The van der Waals surface area contributed by atoms with Crippen molar-refractivity contribution in [3.8, 4) is 5.75 Å². The van der Waals surface area contributed by atoms with Crippen LogP contribution in [0.15, 0.2) is 46.0 Å². The number of benzene rings is 1. The number of carbonyl (C=O) groups excluding carboxylic acids is 1. The molecule has 24 heavy (non-hydrogen) atoms. The number of aromatic nitrogens is 1. The summed E-state index contributed by atoms with van der Waals surface area (Å²) in [5.74, 6) is -0.0782. The maximum Gasteiger partial charge on any atom is 0.257 e. The highest BCUT2D eigenvalue weighted by Gasteiger charge is 2.20. The molecule has 0 bridgehead atoms. The number of anilines is 1. The van der Waals surface area contributed by atoms with Gasteiger partial charge in [0.05, 0.1) is 23.3 Å². The molecule has 1 aromatic heterocycles. The molecule has 0 aliphatic heterocycles. The van der Waals surface area contributed by atoms with Crippen LogP contribution in [0.4, 0.5) is 5.69 Å². The van der Waals surface area contributed by atoms with E-state index in [1.54, 1.807) is 12.3 Å². The third-order valence-corrected chi connectivity index (χ3v) is 5.41. The minimum absolute atomic E-state index is 0.0518. The second-order valence-corrected chi connectivity index (χ2v) is 8.06. The van der Waals surface area contributed by atoms with Crippen molar-refractivity contribution in [2.45, 2.75) is 4.90 Å². The summed E-state index contributed by atoms with van der Waals surface area (Å²) in [4.78, 5) is 16.3. The average molecular weight is 414 g/mol. The Hall–Kier alpha value is -1.97. The van der Waals surface area contributed by atoms with Gasteiger partial charge in [0.2, 0.25) is 10.0 Å². The predicted octanol–water partition coefficient (Wildman–Crippen LogP) is 2.36. The lowest BCUT2D eigenvalue weighted by Crippen LogP contribution is -2.22. The van der Waals surface area contributed by atoms with Gasteiger partial charge in [0.1, 0.15) is 5.75 Å². The molecular formula is C15H16BrN3O4S. The van der Waals surface area contributed by atoms with E-state index >= 15 is 0 Å². The Balaban J connectivity index is 2.40. The van der Waals surface area contributed by atoms with Crippen LogP contribution < -0.4 is 10.1 Å².